The smallest absolute Gasteiger partial charge is 0.246 e. The largest absolute Gasteiger partial charge is 0.497 e. The molecule has 0 N–H and O–H groups in total. The van der Waals surface area contributed by atoms with E-state index in [1.54, 1.807) is 13.2 Å². The van der Waals surface area contributed by atoms with Gasteiger partial charge >= 0.3 is 0 Å². The van der Waals surface area contributed by atoms with Gasteiger partial charge in [-0.25, -0.2) is 0 Å². The molecule has 90 valence electrons. The van der Waals surface area contributed by atoms with Crippen molar-refractivity contribution in [2.45, 2.75) is 12.8 Å². The lowest BCUT2D eigenvalue weighted by Gasteiger charge is -2.11. The van der Waals surface area contributed by atoms with Crippen LogP contribution in [0.5, 0.6) is 5.75 Å². The summed E-state index contributed by atoms with van der Waals surface area (Å²) < 4.78 is 5.08. The molecule has 3 nitrogen and oxygen atoms in total. The fourth-order valence-corrected chi connectivity index (χ4v) is 1.93. The van der Waals surface area contributed by atoms with E-state index in [0.29, 0.717) is 0 Å². The number of benzene rings is 1. The molecule has 0 bridgehead atoms. The van der Waals surface area contributed by atoms with Gasteiger partial charge in [0, 0.05) is 19.2 Å². The van der Waals surface area contributed by atoms with Gasteiger partial charge < -0.3 is 9.64 Å². The van der Waals surface area contributed by atoms with Crippen LogP contribution in [0.4, 0.5) is 0 Å². The van der Waals surface area contributed by atoms with Crippen LogP contribution in [-0.2, 0) is 4.79 Å². The normalized spacial score (nSPS) is 15.5. The summed E-state index contributed by atoms with van der Waals surface area (Å²) in [6.07, 6.45) is 5.75. The highest BCUT2D eigenvalue weighted by Crippen LogP contribution is 2.13. The van der Waals surface area contributed by atoms with Crippen LogP contribution in [0.25, 0.3) is 6.08 Å². The fourth-order valence-electron chi connectivity index (χ4n) is 1.93. The van der Waals surface area contributed by atoms with Crippen LogP contribution < -0.4 is 4.74 Å². The monoisotopic (exact) mass is 231 g/mol. The van der Waals surface area contributed by atoms with Gasteiger partial charge in [-0.15, -0.1) is 0 Å². The predicted molar refractivity (Wildman–Crippen MR) is 67.8 cm³/mol. The zero-order valence-corrected chi connectivity index (χ0v) is 10.1. The van der Waals surface area contributed by atoms with Gasteiger partial charge in [0.25, 0.3) is 0 Å². The first-order chi connectivity index (χ1) is 8.29. The highest BCUT2D eigenvalue weighted by Gasteiger charge is 2.14. The number of nitrogens with zero attached hydrogens (tertiary/aromatic N) is 1. The Morgan fingerprint density at radius 2 is 1.88 bits per heavy atom. The first-order valence-electron chi connectivity index (χ1n) is 5.90. The van der Waals surface area contributed by atoms with Crippen LogP contribution in [0.1, 0.15) is 18.4 Å². The van der Waals surface area contributed by atoms with E-state index in [2.05, 4.69) is 0 Å². The third-order valence-electron chi connectivity index (χ3n) is 2.95. The molecule has 0 radical (unpaired) electrons. The maximum atomic E-state index is 11.8. The summed E-state index contributed by atoms with van der Waals surface area (Å²) in [5.41, 5.74) is 1.01. The lowest BCUT2D eigenvalue weighted by molar-refractivity contribution is -0.124. The number of hydrogen-bond acceptors (Lipinski definition) is 2. The quantitative estimate of drug-likeness (QED) is 0.747. The Morgan fingerprint density at radius 3 is 2.47 bits per heavy atom. The van der Waals surface area contributed by atoms with Crippen LogP contribution in [0.3, 0.4) is 0 Å². The van der Waals surface area contributed by atoms with Crippen LogP contribution in [0.15, 0.2) is 30.3 Å². The Bertz CT molecular complexity index is 403. The molecule has 0 unspecified atom stereocenters. The molecule has 1 fully saturated rings. The minimum Gasteiger partial charge on any atom is -0.497 e. The van der Waals surface area contributed by atoms with Crippen LogP contribution in [0.2, 0.25) is 0 Å². The summed E-state index contributed by atoms with van der Waals surface area (Å²) >= 11 is 0. The van der Waals surface area contributed by atoms with E-state index in [0.717, 1.165) is 37.2 Å². The van der Waals surface area contributed by atoms with Gasteiger partial charge in [0.2, 0.25) is 5.91 Å². The summed E-state index contributed by atoms with van der Waals surface area (Å²) in [4.78, 5) is 13.6. The Morgan fingerprint density at radius 1 is 1.24 bits per heavy atom. The van der Waals surface area contributed by atoms with Crippen LogP contribution in [0, 0.1) is 0 Å². The van der Waals surface area contributed by atoms with Crippen molar-refractivity contribution < 1.29 is 9.53 Å². The van der Waals surface area contributed by atoms with Gasteiger partial charge in [-0.05, 0) is 36.6 Å². The lowest BCUT2D eigenvalue weighted by Crippen LogP contribution is -2.25. The molecule has 0 aromatic heterocycles. The molecular formula is C14H17NO2. The second kappa shape index (κ2) is 5.53. The zero-order valence-electron chi connectivity index (χ0n) is 10.1. The van der Waals surface area contributed by atoms with Gasteiger partial charge in [-0.1, -0.05) is 12.1 Å². The Balaban J connectivity index is 1.96. The average molecular weight is 231 g/mol. The minimum atomic E-state index is 0.110. The van der Waals surface area contributed by atoms with Gasteiger partial charge in [-0.2, -0.15) is 0 Å². The van der Waals surface area contributed by atoms with Gasteiger partial charge in [0.05, 0.1) is 7.11 Å². The van der Waals surface area contributed by atoms with Crippen molar-refractivity contribution in [3.63, 3.8) is 0 Å². The van der Waals surface area contributed by atoms with E-state index >= 15 is 0 Å². The number of carbonyl (C=O) groups is 1. The molecule has 1 aliphatic heterocycles. The van der Waals surface area contributed by atoms with E-state index in [1.807, 2.05) is 35.2 Å². The molecule has 0 aliphatic carbocycles. The van der Waals surface area contributed by atoms with Crippen molar-refractivity contribution in [2.75, 3.05) is 20.2 Å². The maximum Gasteiger partial charge on any atom is 0.246 e. The standard InChI is InChI=1S/C14H17NO2/c1-17-13-7-4-12(5-8-13)6-9-14(16)15-10-2-3-11-15/h4-9H,2-3,10-11H2,1H3. The maximum absolute atomic E-state index is 11.8. The molecule has 17 heavy (non-hydrogen) atoms. The molecular weight excluding hydrogens is 214 g/mol. The average Bonchev–Trinajstić information content (AvgIpc) is 2.90. The van der Waals surface area contributed by atoms with Crippen molar-refractivity contribution in [2.24, 2.45) is 0 Å². The fraction of sp³-hybridized carbons (Fsp3) is 0.357. The summed E-state index contributed by atoms with van der Waals surface area (Å²) in [5, 5.41) is 0. The molecule has 3 heteroatoms. The summed E-state index contributed by atoms with van der Waals surface area (Å²) in [6.45, 7) is 1.79. The highest BCUT2D eigenvalue weighted by atomic mass is 16.5. The molecule has 0 saturated carbocycles. The third kappa shape index (κ3) is 3.09. The first-order valence-corrected chi connectivity index (χ1v) is 5.90. The number of carbonyl (C=O) groups excluding carboxylic acids is 1. The van der Waals surface area contributed by atoms with Crippen molar-refractivity contribution >= 4 is 12.0 Å². The van der Waals surface area contributed by atoms with Crippen molar-refractivity contribution in [1.82, 2.24) is 4.90 Å². The Hall–Kier alpha value is -1.77. The molecule has 0 spiro atoms. The van der Waals surface area contributed by atoms with E-state index in [1.165, 1.54) is 0 Å². The molecule has 1 saturated heterocycles. The first kappa shape index (κ1) is 11.7. The number of hydrogen-bond donors (Lipinski definition) is 0. The van der Waals surface area contributed by atoms with Crippen LogP contribution in [-0.4, -0.2) is 31.0 Å². The van der Waals surface area contributed by atoms with E-state index in [9.17, 15) is 4.79 Å². The summed E-state index contributed by atoms with van der Waals surface area (Å²) in [7, 11) is 1.64. The van der Waals surface area contributed by atoms with Gasteiger partial charge in [-0.3, -0.25) is 4.79 Å². The predicted octanol–water partition coefficient (Wildman–Crippen LogP) is 2.33. The highest BCUT2D eigenvalue weighted by molar-refractivity contribution is 5.91. The van der Waals surface area contributed by atoms with Crippen LogP contribution >= 0.6 is 0 Å². The summed E-state index contributed by atoms with van der Waals surface area (Å²) in [6, 6.07) is 7.65. The molecule has 1 aliphatic rings. The zero-order chi connectivity index (χ0) is 12.1. The molecule has 0 atom stereocenters. The minimum absolute atomic E-state index is 0.110. The SMILES string of the molecule is COc1ccc(C=CC(=O)N2CCCC2)cc1. The Kier molecular flexibility index (Phi) is 3.81. The molecule has 1 aromatic carbocycles. The van der Waals surface area contributed by atoms with E-state index < -0.39 is 0 Å². The summed E-state index contributed by atoms with van der Waals surface area (Å²) in [5.74, 6) is 0.936. The molecule has 1 amide bonds. The third-order valence-corrected chi connectivity index (χ3v) is 2.95. The van der Waals surface area contributed by atoms with Crippen molar-refractivity contribution in [3.05, 3.63) is 35.9 Å². The number of methoxy groups -OCH3 is 1. The molecule has 1 aromatic rings. The van der Waals surface area contributed by atoms with E-state index in [-0.39, 0.29) is 5.91 Å². The molecule has 1 heterocycles. The number of likely N-dealkylation sites (tertiary alicyclic amines) is 1. The Labute approximate surface area is 102 Å². The van der Waals surface area contributed by atoms with Gasteiger partial charge in [0.15, 0.2) is 0 Å². The second-order valence-electron chi connectivity index (χ2n) is 4.14. The molecule has 2 rings (SSSR count). The second-order valence-corrected chi connectivity index (χ2v) is 4.14. The lowest BCUT2D eigenvalue weighted by atomic mass is 10.2. The van der Waals surface area contributed by atoms with E-state index in [4.69, 9.17) is 4.74 Å². The number of amides is 1. The number of ether oxygens (including phenoxy) is 1. The number of rotatable bonds is 3. The van der Waals surface area contributed by atoms with Crippen molar-refractivity contribution in [3.8, 4) is 5.75 Å². The topological polar surface area (TPSA) is 29.5 Å². The van der Waals surface area contributed by atoms with Gasteiger partial charge in [0.1, 0.15) is 5.75 Å². The van der Waals surface area contributed by atoms with Crippen molar-refractivity contribution in [1.29, 1.82) is 0 Å².